The lowest BCUT2D eigenvalue weighted by Gasteiger charge is -2.15. The molecule has 0 fully saturated rings. The summed E-state index contributed by atoms with van der Waals surface area (Å²) in [5.41, 5.74) is 2.57. The Balaban J connectivity index is 2.28. The molecule has 0 spiro atoms. The Morgan fingerprint density at radius 1 is 1.56 bits per heavy atom. The number of carbonyl (C=O) groups is 2. The minimum absolute atomic E-state index is 0.0454. The number of hydrogen-bond donors (Lipinski definition) is 1. The van der Waals surface area contributed by atoms with Crippen LogP contribution in [0.2, 0.25) is 0 Å². The summed E-state index contributed by atoms with van der Waals surface area (Å²) in [5, 5.41) is 10.3. The molecule has 5 nitrogen and oxygen atoms in total. The zero-order valence-corrected chi connectivity index (χ0v) is 10.4. The van der Waals surface area contributed by atoms with Gasteiger partial charge in [0.05, 0.1) is 29.3 Å². The van der Waals surface area contributed by atoms with Crippen molar-refractivity contribution in [3.63, 3.8) is 0 Å². The van der Waals surface area contributed by atoms with Gasteiger partial charge in [-0.3, -0.25) is 9.59 Å². The summed E-state index contributed by atoms with van der Waals surface area (Å²) in [6.45, 7) is 0.468. The van der Waals surface area contributed by atoms with Gasteiger partial charge in [-0.2, -0.15) is 0 Å². The topological polar surface area (TPSA) is 70.5 Å². The molecular formula is C9H12N2O3S2. The van der Waals surface area contributed by atoms with Gasteiger partial charge in [0.1, 0.15) is 0 Å². The van der Waals surface area contributed by atoms with Gasteiger partial charge in [-0.15, -0.1) is 23.1 Å². The maximum atomic E-state index is 11.5. The highest BCUT2D eigenvalue weighted by Crippen LogP contribution is 2.06. The van der Waals surface area contributed by atoms with Crippen LogP contribution in [0, 0.1) is 0 Å². The van der Waals surface area contributed by atoms with Crippen LogP contribution in [0.1, 0.15) is 5.69 Å². The Labute approximate surface area is 101 Å². The highest BCUT2D eigenvalue weighted by molar-refractivity contribution is 8.00. The van der Waals surface area contributed by atoms with Crippen LogP contribution >= 0.6 is 23.1 Å². The van der Waals surface area contributed by atoms with E-state index in [1.165, 1.54) is 11.3 Å². The lowest BCUT2D eigenvalue weighted by atomic mass is 10.4. The molecule has 1 amide bonds. The number of thiazole rings is 1. The first-order valence-corrected chi connectivity index (χ1v) is 6.60. The molecule has 7 heteroatoms. The molecule has 0 saturated carbocycles. The van der Waals surface area contributed by atoms with E-state index in [9.17, 15) is 9.59 Å². The largest absolute Gasteiger partial charge is 0.481 e. The second kappa shape index (κ2) is 6.49. The highest BCUT2D eigenvalue weighted by atomic mass is 32.2. The predicted molar refractivity (Wildman–Crippen MR) is 63.5 cm³/mol. The molecule has 0 saturated heterocycles. The van der Waals surface area contributed by atoms with Gasteiger partial charge in [0.25, 0.3) is 0 Å². The maximum Gasteiger partial charge on any atom is 0.313 e. The Hall–Kier alpha value is -1.08. The van der Waals surface area contributed by atoms with E-state index in [-0.39, 0.29) is 17.4 Å². The summed E-state index contributed by atoms with van der Waals surface area (Å²) in [6.07, 6.45) is 0. The first kappa shape index (κ1) is 13.0. The zero-order chi connectivity index (χ0) is 12.0. The third-order valence-corrected chi connectivity index (χ3v) is 3.30. The van der Waals surface area contributed by atoms with Crippen molar-refractivity contribution in [1.82, 2.24) is 9.88 Å². The van der Waals surface area contributed by atoms with Gasteiger partial charge < -0.3 is 10.0 Å². The van der Waals surface area contributed by atoms with Crippen molar-refractivity contribution < 1.29 is 14.7 Å². The SMILES string of the molecule is CN(Cc1cscn1)C(=O)CSCC(=O)O. The van der Waals surface area contributed by atoms with E-state index in [1.807, 2.05) is 5.38 Å². The fourth-order valence-corrected chi connectivity index (χ4v) is 2.20. The number of hydrogen-bond acceptors (Lipinski definition) is 5. The van der Waals surface area contributed by atoms with Gasteiger partial charge in [0.15, 0.2) is 0 Å². The monoisotopic (exact) mass is 260 g/mol. The van der Waals surface area contributed by atoms with Crippen LogP contribution in [-0.4, -0.2) is 45.4 Å². The van der Waals surface area contributed by atoms with Crippen molar-refractivity contribution in [2.45, 2.75) is 6.54 Å². The number of nitrogens with zero attached hydrogens (tertiary/aromatic N) is 2. The van der Waals surface area contributed by atoms with Gasteiger partial charge in [-0.1, -0.05) is 0 Å². The van der Waals surface area contributed by atoms with E-state index in [0.717, 1.165) is 17.5 Å². The molecule has 1 aromatic rings. The Morgan fingerprint density at radius 2 is 2.31 bits per heavy atom. The molecule has 0 bridgehead atoms. The summed E-state index contributed by atoms with van der Waals surface area (Å²) < 4.78 is 0. The minimum Gasteiger partial charge on any atom is -0.481 e. The molecule has 0 radical (unpaired) electrons. The quantitative estimate of drug-likeness (QED) is 0.823. The first-order valence-electron chi connectivity index (χ1n) is 4.50. The number of carboxylic acid groups (broad SMARTS) is 1. The summed E-state index contributed by atoms with van der Waals surface area (Å²) in [5.74, 6) is -0.845. The zero-order valence-electron chi connectivity index (χ0n) is 8.75. The number of carbonyl (C=O) groups excluding carboxylic acids is 1. The van der Waals surface area contributed by atoms with Crippen LogP contribution in [0.15, 0.2) is 10.9 Å². The van der Waals surface area contributed by atoms with Gasteiger partial charge in [-0.05, 0) is 0 Å². The summed E-state index contributed by atoms with van der Waals surface area (Å²) in [7, 11) is 1.68. The fourth-order valence-electron chi connectivity index (χ4n) is 0.983. The van der Waals surface area contributed by atoms with Crippen LogP contribution < -0.4 is 0 Å². The van der Waals surface area contributed by atoms with E-state index in [4.69, 9.17) is 5.11 Å². The number of amides is 1. The fraction of sp³-hybridized carbons (Fsp3) is 0.444. The van der Waals surface area contributed by atoms with Crippen molar-refractivity contribution in [2.24, 2.45) is 0 Å². The Bertz CT molecular complexity index is 354. The van der Waals surface area contributed by atoms with Crippen LogP contribution in [-0.2, 0) is 16.1 Å². The van der Waals surface area contributed by atoms with Crippen LogP contribution in [0.25, 0.3) is 0 Å². The molecule has 16 heavy (non-hydrogen) atoms. The molecule has 0 aliphatic heterocycles. The molecule has 0 unspecified atom stereocenters. The van der Waals surface area contributed by atoms with E-state index in [0.29, 0.717) is 6.54 Å². The molecule has 88 valence electrons. The number of carboxylic acids is 1. The summed E-state index contributed by atoms with van der Waals surface area (Å²) in [6, 6.07) is 0. The number of aromatic nitrogens is 1. The van der Waals surface area contributed by atoms with Gasteiger partial charge in [0, 0.05) is 12.4 Å². The Morgan fingerprint density at radius 3 is 2.88 bits per heavy atom. The van der Waals surface area contributed by atoms with Crippen LogP contribution in [0.5, 0.6) is 0 Å². The van der Waals surface area contributed by atoms with Gasteiger partial charge >= 0.3 is 5.97 Å². The van der Waals surface area contributed by atoms with Crippen molar-refractivity contribution in [3.05, 3.63) is 16.6 Å². The van der Waals surface area contributed by atoms with E-state index in [2.05, 4.69) is 4.98 Å². The van der Waals surface area contributed by atoms with Crippen molar-refractivity contribution in [3.8, 4) is 0 Å². The number of thioether (sulfide) groups is 1. The summed E-state index contributed by atoms with van der Waals surface area (Å²) >= 11 is 2.58. The van der Waals surface area contributed by atoms with E-state index in [1.54, 1.807) is 17.5 Å². The smallest absolute Gasteiger partial charge is 0.313 e. The maximum absolute atomic E-state index is 11.5. The highest BCUT2D eigenvalue weighted by Gasteiger charge is 2.10. The van der Waals surface area contributed by atoms with E-state index >= 15 is 0 Å². The molecule has 0 aromatic carbocycles. The minimum atomic E-state index is -0.903. The Kier molecular flexibility index (Phi) is 5.27. The van der Waals surface area contributed by atoms with Crippen LogP contribution in [0.4, 0.5) is 0 Å². The second-order valence-corrected chi connectivity index (χ2v) is 4.82. The normalized spacial score (nSPS) is 10.1. The molecule has 1 rings (SSSR count). The number of aliphatic carboxylic acids is 1. The molecule has 1 aromatic heterocycles. The molecule has 0 atom stereocenters. The molecule has 0 aliphatic rings. The molecular weight excluding hydrogens is 248 g/mol. The van der Waals surface area contributed by atoms with Gasteiger partial charge in [-0.25, -0.2) is 4.98 Å². The summed E-state index contributed by atoms with van der Waals surface area (Å²) in [4.78, 5) is 27.4. The number of rotatable bonds is 6. The first-order chi connectivity index (χ1) is 7.59. The third kappa shape index (κ3) is 4.63. The molecule has 1 N–H and O–H groups in total. The van der Waals surface area contributed by atoms with E-state index < -0.39 is 5.97 Å². The lowest BCUT2D eigenvalue weighted by molar-refractivity contribution is -0.133. The van der Waals surface area contributed by atoms with Gasteiger partial charge in [0.2, 0.25) is 5.91 Å². The van der Waals surface area contributed by atoms with Crippen LogP contribution in [0.3, 0.4) is 0 Å². The average molecular weight is 260 g/mol. The lowest BCUT2D eigenvalue weighted by Crippen LogP contribution is -2.28. The average Bonchev–Trinajstić information content (AvgIpc) is 2.69. The van der Waals surface area contributed by atoms with Crippen molar-refractivity contribution in [2.75, 3.05) is 18.6 Å². The molecule has 0 aliphatic carbocycles. The third-order valence-electron chi connectivity index (χ3n) is 1.76. The van der Waals surface area contributed by atoms with Crippen molar-refractivity contribution >= 4 is 35.0 Å². The van der Waals surface area contributed by atoms with Crippen molar-refractivity contribution in [1.29, 1.82) is 0 Å². The second-order valence-electron chi connectivity index (χ2n) is 3.12. The standard InChI is InChI=1S/C9H12N2O3S2/c1-11(2-7-3-16-6-10-7)8(12)4-15-5-9(13)14/h3,6H,2,4-5H2,1H3,(H,13,14). The molecule has 1 heterocycles. The predicted octanol–water partition coefficient (Wildman–Crippen LogP) is 0.919.